The zero-order valence-corrected chi connectivity index (χ0v) is 16.2. The Labute approximate surface area is 165 Å². The van der Waals surface area contributed by atoms with Crippen LogP contribution in [0, 0.1) is 0 Å². The van der Waals surface area contributed by atoms with Gasteiger partial charge in [-0.15, -0.1) is 0 Å². The lowest BCUT2D eigenvalue weighted by Crippen LogP contribution is -2.41. The summed E-state index contributed by atoms with van der Waals surface area (Å²) in [5.74, 6) is 0.694. The Morgan fingerprint density at radius 1 is 0.964 bits per heavy atom. The van der Waals surface area contributed by atoms with Crippen molar-refractivity contribution in [3.05, 3.63) is 71.9 Å². The normalized spacial score (nSPS) is 11.4. The number of amides is 1. The van der Waals surface area contributed by atoms with Gasteiger partial charge in [-0.1, -0.05) is 36.4 Å². The maximum atomic E-state index is 12.0. The number of carbonyl (C=O) groups is 1. The first-order valence-electron chi connectivity index (χ1n) is 9.68. The van der Waals surface area contributed by atoms with Gasteiger partial charge in [0.1, 0.15) is 0 Å². The summed E-state index contributed by atoms with van der Waals surface area (Å²) in [7, 11) is 0. The van der Waals surface area contributed by atoms with Gasteiger partial charge in [-0.05, 0) is 37.1 Å². The second-order valence-electron chi connectivity index (χ2n) is 6.42. The van der Waals surface area contributed by atoms with Gasteiger partial charge < -0.3 is 20.9 Å². The Morgan fingerprint density at radius 3 is 2.54 bits per heavy atom. The molecule has 28 heavy (non-hydrogen) atoms. The van der Waals surface area contributed by atoms with E-state index in [4.69, 9.17) is 0 Å². The highest BCUT2D eigenvalue weighted by molar-refractivity contribution is 5.94. The third-order valence-corrected chi connectivity index (χ3v) is 4.41. The molecule has 146 valence electrons. The standard InChI is InChI=1S/C22H27N5O/c1-2-23-22(26-15-14-24-21(28)17-8-4-3-5-9-17)25-13-12-18-16-27-20-11-7-6-10-19(18)20/h3-11,16,27H,2,12-15H2,1H3,(H,24,28)(H2,23,25,26). The zero-order valence-electron chi connectivity index (χ0n) is 16.2. The van der Waals surface area contributed by atoms with Crippen molar-refractivity contribution < 1.29 is 4.79 Å². The maximum Gasteiger partial charge on any atom is 0.251 e. The number of benzene rings is 2. The first-order chi connectivity index (χ1) is 13.8. The molecular formula is C22H27N5O. The fourth-order valence-corrected chi connectivity index (χ4v) is 3.02. The number of hydrogen-bond donors (Lipinski definition) is 4. The number of fused-ring (bicyclic) bond motifs is 1. The van der Waals surface area contributed by atoms with Crippen molar-refractivity contribution in [1.82, 2.24) is 20.9 Å². The summed E-state index contributed by atoms with van der Waals surface area (Å²) in [6, 6.07) is 17.5. The molecule has 0 spiro atoms. The number of nitrogens with one attached hydrogen (secondary N) is 4. The Balaban J connectivity index is 1.45. The van der Waals surface area contributed by atoms with E-state index < -0.39 is 0 Å². The van der Waals surface area contributed by atoms with Gasteiger partial charge >= 0.3 is 0 Å². The summed E-state index contributed by atoms with van der Waals surface area (Å²) >= 11 is 0. The lowest BCUT2D eigenvalue weighted by molar-refractivity contribution is 0.0954. The van der Waals surface area contributed by atoms with Gasteiger partial charge in [0.2, 0.25) is 0 Å². The molecule has 3 rings (SSSR count). The number of nitrogens with zero attached hydrogens (tertiary/aromatic N) is 1. The fourth-order valence-electron chi connectivity index (χ4n) is 3.02. The van der Waals surface area contributed by atoms with Gasteiger partial charge in [-0.25, -0.2) is 0 Å². The molecule has 4 N–H and O–H groups in total. The molecule has 0 aliphatic heterocycles. The number of carbonyl (C=O) groups excluding carboxylic acids is 1. The van der Waals surface area contributed by atoms with Crippen LogP contribution >= 0.6 is 0 Å². The molecule has 2 aromatic carbocycles. The SMILES string of the molecule is CCNC(=NCCc1c[nH]c2ccccc12)NCCNC(=O)c1ccccc1. The first kappa shape index (κ1) is 19.5. The topological polar surface area (TPSA) is 81.3 Å². The van der Waals surface area contributed by atoms with E-state index in [-0.39, 0.29) is 5.91 Å². The van der Waals surface area contributed by atoms with Crippen LogP contribution < -0.4 is 16.0 Å². The summed E-state index contributed by atoms with van der Waals surface area (Å²) < 4.78 is 0. The van der Waals surface area contributed by atoms with Gasteiger partial charge in [-0.2, -0.15) is 0 Å². The molecule has 0 unspecified atom stereocenters. The molecule has 0 aliphatic rings. The van der Waals surface area contributed by atoms with Crippen LogP contribution in [0.3, 0.4) is 0 Å². The van der Waals surface area contributed by atoms with E-state index in [1.165, 1.54) is 10.9 Å². The molecule has 0 bridgehead atoms. The number of aliphatic imine (C=N–C) groups is 1. The molecule has 0 radical (unpaired) electrons. The number of aromatic amines is 1. The van der Waals surface area contributed by atoms with Gasteiger partial charge in [0.15, 0.2) is 5.96 Å². The average Bonchev–Trinajstić information content (AvgIpc) is 3.15. The smallest absolute Gasteiger partial charge is 0.251 e. The first-order valence-corrected chi connectivity index (χ1v) is 9.68. The third kappa shape index (κ3) is 5.36. The van der Waals surface area contributed by atoms with Crippen LogP contribution in [0.25, 0.3) is 10.9 Å². The summed E-state index contributed by atoms with van der Waals surface area (Å²) in [6.45, 7) is 4.65. The van der Waals surface area contributed by atoms with E-state index in [2.05, 4.69) is 50.3 Å². The number of H-pyrrole nitrogens is 1. The van der Waals surface area contributed by atoms with E-state index in [1.807, 2.05) is 31.2 Å². The molecule has 1 amide bonds. The lowest BCUT2D eigenvalue weighted by Gasteiger charge is -2.12. The van der Waals surface area contributed by atoms with Gasteiger partial charge in [-0.3, -0.25) is 9.79 Å². The summed E-state index contributed by atoms with van der Waals surface area (Å²) in [5.41, 5.74) is 3.09. The number of guanidine groups is 1. The van der Waals surface area contributed by atoms with Crippen molar-refractivity contribution in [3.8, 4) is 0 Å². The Bertz CT molecular complexity index is 917. The Morgan fingerprint density at radius 2 is 1.71 bits per heavy atom. The van der Waals surface area contributed by atoms with Crippen LogP contribution in [0.4, 0.5) is 0 Å². The Hall–Kier alpha value is -3.28. The highest BCUT2D eigenvalue weighted by atomic mass is 16.1. The summed E-state index contributed by atoms with van der Waals surface area (Å²) in [4.78, 5) is 20.0. The molecule has 0 saturated carbocycles. The highest BCUT2D eigenvalue weighted by Gasteiger charge is 2.04. The van der Waals surface area contributed by atoms with E-state index in [9.17, 15) is 4.79 Å². The largest absolute Gasteiger partial charge is 0.361 e. The lowest BCUT2D eigenvalue weighted by atomic mass is 10.1. The van der Waals surface area contributed by atoms with Crippen molar-refractivity contribution in [2.24, 2.45) is 4.99 Å². The number of aromatic nitrogens is 1. The van der Waals surface area contributed by atoms with Crippen LogP contribution in [-0.2, 0) is 6.42 Å². The molecule has 6 heteroatoms. The van der Waals surface area contributed by atoms with Crippen LogP contribution in [-0.4, -0.2) is 43.0 Å². The minimum atomic E-state index is -0.0660. The molecule has 0 saturated heterocycles. The van der Waals surface area contributed by atoms with Crippen molar-refractivity contribution >= 4 is 22.8 Å². The second kappa shape index (κ2) is 10.2. The van der Waals surface area contributed by atoms with Crippen molar-refractivity contribution in [3.63, 3.8) is 0 Å². The van der Waals surface area contributed by atoms with Gasteiger partial charge in [0.25, 0.3) is 5.91 Å². The van der Waals surface area contributed by atoms with E-state index in [0.717, 1.165) is 24.4 Å². The molecule has 6 nitrogen and oxygen atoms in total. The average molecular weight is 377 g/mol. The molecule has 0 atom stereocenters. The van der Waals surface area contributed by atoms with Crippen molar-refractivity contribution in [2.75, 3.05) is 26.2 Å². The molecule has 3 aromatic rings. The maximum absolute atomic E-state index is 12.0. The second-order valence-corrected chi connectivity index (χ2v) is 6.42. The van der Waals surface area contributed by atoms with E-state index in [1.54, 1.807) is 12.1 Å². The van der Waals surface area contributed by atoms with Crippen LogP contribution in [0.1, 0.15) is 22.8 Å². The summed E-state index contributed by atoms with van der Waals surface area (Å²) in [5, 5.41) is 10.7. The quantitative estimate of drug-likeness (QED) is 0.277. The molecule has 0 aliphatic carbocycles. The predicted molar refractivity (Wildman–Crippen MR) is 115 cm³/mol. The van der Waals surface area contributed by atoms with Crippen molar-refractivity contribution in [2.45, 2.75) is 13.3 Å². The van der Waals surface area contributed by atoms with Crippen LogP contribution in [0.15, 0.2) is 65.8 Å². The van der Waals surface area contributed by atoms with E-state index >= 15 is 0 Å². The van der Waals surface area contributed by atoms with Crippen LogP contribution in [0.2, 0.25) is 0 Å². The molecule has 1 heterocycles. The minimum absolute atomic E-state index is 0.0660. The van der Waals surface area contributed by atoms with Crippen molar-refractivity contribution in [1.29, 1.82) is 0 Å². The zero-order chi connectivity index (χ0) is 19.6. The number of rotatable bonds is 8. The number of para-hydroxylation sites is 1. The van der Waals surface area contributed by atoms with E-state index in [0.29, 0.717) is 25.2 Å². The predicted octanol–water partition coefficient (Wildman–Crippen LogP) is 2.70. The molecule has 1 aromatic heterocycles. The fraction of sp³-hybridized carbons (Fsp3) is 0.273. The number of hydrogen-bond acceptors (Lipinski definition) is 2. The monoisotopic (exact) mass is 377 g/mol. The Kier molecular flexibility index (Phi) is 7.07. The van der Waals surface area contributed by atoms with Gasteiger partial charge in [0.05, 0.1) is 0 Å². The molecule has 0 fully saturated rings. The van der Waals surface area contributed by atoms with Gasteiger partial charge in [0, 0.05) is 48.8 Å². The highest BCUT2D eigenvalue weighted by Crippen LogP contribution is 2.17. The molecular weight excluding hydrogens is 350 g/mol. The third-order valence-electron chi connectivity index (χ3n) is 4.41. The summed E-state index contributed by atoms with van der Waals surface area (Å²) in [6.07, 6.45) is 2.92. The minimum Gasteiger partial charge on any atom is -0.361 e. The van der Waals surface area contributed by atoms with Crippen LogP contribution in [0.5, 0.6) is 0 Å².